The van der Waals surface area contributed by atoms with Crippen LogP contribution in [-0.2, 0) is 14.8 Å². The molecule has 1 saturated heterocycles. The van der Waals surface area contributed by atoms with Gasteiger partial charge in [-0.05, 0) is 68.3 Å². The number of piperidine rings is 1. The van der Waals surface area contributed by atoms with Crippen molar-refractivity contribution < 1.29 is 22.0 Å². The fourth-order valence-corrected chi connectivity index (χ4v) is 4.88. The van der Waals surface area contributed by atoms with Crippen molar-refractivity contribution in [3.8, 4) is 0 Å². The van der Waals surface area contributed by atoms with Gasteiger partial charge in [-0.25, -0.2) is 17.2 Å². The summed E-state index contributed by atoms with van der Waals surface area (Å²) in [7, 11) is -3.71. The topological polar surface area (TPSA) is 57.7 Å². The molecule has 0 radical (unpaired) electrons. The molecular weight excluding hydrogens is 386 g/mol. The molecule has 1 fully saturated rings. The van der Waals surface area contributed by atoms with Gasteiger partial charge in [-0.15, -0.1) is 0 Å². The molecule has 1 aliphatic rings. The highest BCUT2D eigenvalue weighted by Gasteiger charge is 2.33. The number of carbonyl (C=O) groups is 1. The van der Waals surface area contributed by atoms with E-state index in [4.69, 9.17) is 0 Å². The second kappa shape index (κ2) is 8.36. The van der Waals surface area contributed by atoms with Crippen LogP contribution in [0.4, 0.5) is 14.5 Å². The first-order chi connectivity index (χ1) is 13.3. The molecule has 3 rings (SSSR count). The van der Waals surface area contributed by atoms with Crippen molar-refractivity contribution in [3.05, 3.63) is 60.2 Å². The summed E-state index contributed by atoms with van der Waals surface area (Å²) in [6.45, 7) is 2.72. The van der Waals surface area contributed by atoms with E-state index < -0.39 is 15.8 Å². The number of carbonyl (C=O) groups excluding carboxylic acids is 1. The van der Waals surface area contributed by atoms with Crippen LogP contribution >= 0.6 is 0 Å². The molecule has 0 saturated carbocycles. The normalized spacial score (nSPS) is 16.1. The van der Waals surface area contributed by atoms with E-state index in [1.165, 1.54) is 28.6 Å². The summed E-state index contributed by atoms with van der Waals surface area (Å²) >= 11 is 0. The van der Waals surface area contributed by atoms with Crippen LogP contribution in [0.5, 0.6) is 0 Å². The first-order valence-electron chi connectivity index (χ1n) is 9.15. The molecular formula is C20H22F2N2O3S. The molecule has 0 aliphatic carbocycles. The maximum Gasteiger partial charge on any atom is 0.243 e. The molecule has 0 N–H and O–H groups in total. The number of amides is 1. The Balaban J connectivity index is 1.68. The van der Waals surface area contributed by atoms with Crippen molar-refractivity contribution >= 4 is 21.6 Å². The minimum Gasteiger partial charge on any atom is -0.312 e. The monoisotopic (exact) mass is 408 g/mol. The van der Waals surface area contributed by atoms with Crippen molar-refractivity contribution in [2.45, 2.75) is 24.7 Å². The summed E-state index contributed by atoms with van der Waals surface area (Å²) in [4.78, 5) is 14.5. The van der Waals surface area contributed by atoms with E-state index in [9.17, 15) is 22.0 Å². The molecule has 2 aromatic carbocycles. The Morgan fingerprint density at radius 2 is 1.50 bits per heavy atom. The van der Waals surface area contributed by atoms with Crippen molar-refractivity contribution in [1.29, 1.82) is 0 Å². The molecule has 1 aliphatic heterocycles. The third kappa shape index (κ3) is 4.23. The molecule has 28 heavy (non-hydrogen) atoms. The Bertz CT molecular complexity index is 923. The predicted molar refractivity (Wildman–Crippen MR) is 102 cm³/mol. The second-order valence-electron chi connectivity index (χ2n) is 6.69. The number of hydrogen-bond acceptors (Lipinski definition) is 3. The van der Waals surface area contributed by atoms with Crippen LogP contribution < -0.4 is 4.90 Å². The van der Waals surface area contributed by atoms with Gasteiger partial charge in [0.2, 0.25) is 15.9 Å². The van der Waals surface area contributed by atoms with Crippen LogP contribution in [0.3, 0.4) is 0 Å². The standard InChI is InChI=1S/C20H22F2N2O3S/c1-2-24(18-7-3-16(21)4-8-18)20(25)15-11-13-23(14-12-15)28(26,27)19-9-5-17(22)6-10-19/h3-10,15H,2,11-14H2,1H3. The summed E-state index contributed by atoms with van der Waals surface area (Å²) in [6.07, 6.45) is 0.800. The number of anilines is 1. The smallest absolute Gasteiger partial charge is 0.243 e. The lowest BCUT2D eigenvalue weighted by atomic mass is 9.96. The highest BCUT2D eigenvalue weighted by atomic mass is 32.2. The number of halogens is 2. The lowest BCUT2D eigenvalue weighted by Gasteiger charge is -2.33. The van der Waals surface area contributed by atoms with Crippen molar-refractivity contribution in [2.75, 3.05) is 24.5 Å². The van der Waals surface area contributed by atoms with E-state index in [1.54, 1.807) is 17.0 Å². The lowest BCUT2D eigenvalue weighted by molar-refractivity contribution is -0.123. The van der Waals surface area contributed by atoms with Crippen molar-refractivity contribution in [2.24, 2.45) is 5.92 Å². The van der Waals surface area contributed by atoms with Gasteiger partial charge in [-0.3, -0.25) is 4.79 Å². The molecule has 0 bridgehead atoms. The third-order valence-corrected chi connectivity index (χ3v) is 6.89. The van der Waals surface area contributed by atoms with Crippen molar-refractivity contribution in [3.63, 3.8) is 0 Å². The Hall–Kier alpha value is -2.32. The fourth-order valence-electron chi connectivity index (χ4n) is 3.41. The Morgan fingerprint density at radius 1 is 1.00 bits per heavy atom. The Kier molecular flexibility index (Phi) is 6.10. The zero-order valence-corrected chi connectivity index (χ0v) is 16.3. The molecule has 0 aromatic heterocycles. The van der Waals surface area contributed by atoms with Crippen LogP contribution in [0.15, 0.2) is 53.4 Å². The Morgan fingerprint density at radius 3 is 2.00 bits per heavy atom. The van der Waals surface area contributed by atoms with E-state index in [1.807, 2.05) is 6.92 Å². The average Bonchev–Trinajstić information content (AvgIpc) is 2.70. The van der Waals surface area contributed by atoms with E-state index in [-0.39, 0.29) is 35.6 Å². The van der Waals surface area contributed by atoms with Crippen LogP contribution in [0.25, 0.3) is 0 Å². The van der Waals surface area contributed by atoms with Gasteiger partial charge in [0.05, 0.1) is 4.90 Å². The van der Waals surface area contributed by atoms with Gasteiger partial charge in [0.15, 0.2) is 0 Å². The van der Waals surface area contributed by atoms with Crippen LogP contribution in [0, 0.1) is 17.6 Å². The quantitative estimate of drug-likeness (QED) is 0.762. The van der Waals surface area contributed by atoms with Crippen LogP contribution in [0.1, 0.15) is 19.8 Å². The summed E-state index contributed by atoms with van der Waals surface area (Å²) < 4.78 is 52.9. The van der Waals surface area contributed by atoms with Gasteiger partial charge in [0.25, 0.3) is 0 Å². The molecule has 5 nitrogen and oxygen atoms in total. The summed E-state index contributed by atoms with van der Waals surface area (Å²) in [5.41, 5.74) is 0.621. The molecule has 1 heterocycles. The molecule has 8 heteroatoms. The third-order valence-electron chi connectivity index (χ3n) is 4.98. The lowest BCUT2D eigenvalue weighted by Crippen LogP contribution is -2.44. The van der Waals surface area contributed by atoms with Gasteiger partial charge in [0.1, 0.15) is 11.6 Å². The first-order valence-corrected chi connectivity index (χ1v) is 10.6. The molecule has 150 valence electrons. The number of nitrogens with zero attached hydrogens (tertiary/aromatic N) is 2. The maximum absolute atomic E-state index is 13.1. The minimum atomic E-state index is -3.71. The zero-order valence-electron chi connectivity index (χ0n) is 15.5. The van der Waals surface area contributed by atoms with E-state index >= 15 is 0 Å². The predicted octanol–water partition coefficient (Wildman–Crippen LogP) is 3.42. The highest BCUT2D eigenvalue weighted by Crippen LogP contribution is 2.27. The second-order valence-corrected chi connectivity index (χ2v) is 8.63. The van der Waals surface area contributed by atoms with E-state index in [0.29, 0.717) is 25.1 Å². The number of sulfonamides is 1. The average molecular weight is 408 g/mol. The van der Waals surface area contributed by atoms with Gasteiger partial charge < -0.3 is 4.90 Å². The molecule has 0 unspecified atom stereocenters. The Labute approximate surface area is 163 Å². The van der Waals surface area contributed by atoms with Gasteiger partial charge >= 0.3 is 0 Å². The van der Waals surface area contributed by atoms with E-state index in [0.717, 1.165) is 12.1 Å². The molecule has 0 spiro atoms. The maximum atomic E-state index is 13.1. The minimum absolute atomic E-state index is 0.0418. The van der Waals surface area contributed by atoms with Crippen LogP contribution in [0.2, 0.25) is 0 Å². The summed E-state index contributed by atoms with van der Waals surface area (Å²) in [5.74, 6) is -1.26. The van der Waals surface area contributed by atoms with Gasteiger partial charge in [-0.2, -0.15) is 4.31 Å². The number of hydrogen-bond donors (Lipinski definition) is 0. The zero-order chi connectivity index (χ0) is 20.3. The fraction of sp³-hybridized carbons (Fsp3) is 0.350. The van der Waals surface area contributed by atoms with Gasteiger partial charge in [0, 0.05) is 31.2 Å². The summed E-state index contributed by atoms with van der Waals surface area (Å²) in [5, 5.41) is 0. The molecule has 2 aromatic rings. The van der Waals surface area contributed by atoms with E-state index in [2.05, 4.69) is 0 Å². The largest absolute Gasteiger partial charge is 0.312 e. The van der Waals surface area contributed by atoms with Gasteiger partial charge in [-0.1, -0.05) is 0 Å². The van der Waals surface area contributed by atoms with Crippen LogP contribution in [-0.4, -0.2) is 38.3 Å². The summed E-state index contributed by atoms with van der Waals surface area (Å²) in [6, 6.07) is 10.5. The van der Waals surface area contributed by atoms with Crippen molar-refractivity contribution in [1.82, 2.24) is 4.31 Å². The molecule has 1 amide bonds. The first kappa shape index (κ1) is 20.4. The highest BCUT2D eigenvalue weighted by molar-refractivity contribution is 7.89. The number of rotatable bonds is 5. The number of benzene rings is 2. The SMILES string of the molecule is CCN(C(=O)C1CCN(S(=O)(=O)c2ccc(F)cc2)CC1)c1ccc(F)cc1. The molecule has 0 atom stereocenters.